The monoisotopic (exact) mass is 427 g/mol. The number of amides is 1. The molecule has 2 heterocycles. The summed E-state index contributed by atoms with van der Waals surface area (Å²) in [4.78, 5) is 15.8. The number of carbonyl (C=O) groups is 1. The quantitative estimate of drug-likeness (QED) is 0.624. The summed E-state index contributed by atoms with van der Waals surface area (Å²) in [5, 5.41) is 3.83. The van der Waals surface area contributed by atoms with Crippen LogP contribution in [0.25, 0.3) is 10.9 Å². The molecule has 2 aromatic carbocycles. The molecule has 0 fully saturated rings. The molecule has 0 aliphatic carbocycles. The second-order valence-corrected chi connectivity index (χ2v) is 9.44. The number of fused-ring (bicyclic) bond motifs is 2. The van der Waals surface area contributed by atoms with Crippen LogP contribution in [-0.2, 0) is 16.4 Å². The summed E-state index contributed by atoms with van der Waals surface area (Å²) >= 11 is 0. The SMILES string of the molecule is CCCS(=O)(=O)N1CCCc2cc(NC(=O)c3cc4ccc(OC)cc4[nH]3)ccc21. The van der Waals surface area contributed by atoms with Crippen LogP contribution in [0, 0.1) is 0 Å². The van der Waals surface area contributed by atoms with E-state index in [9.17, 15) is 13.2 Å². The molecule has 0 radical (unpaired) electrons. The molecule has 1 aliphatic rings. The first-order chi connectivity index (χ1) is 14.4. The van der Waals surface area contributed by atoms with Crippen LogP contribution in [0.15, 0.2) is 42.5 Å². The van der Waals surface area contributed by atoms with Crippen molar-refractivity contribution in [1.29, 1.82) is 0 Å². The van der Waals surface area contributed by atoms with Gasteiger partial charge in [0.25, 0.3) is 5.91 Å². The predicted molar refractivity (Wildman–Crippen MR) is 119 cm³/mol. The lowest BCUT2D eigenvalue weighted by atomic mass is 10.0. The smallest absolute Gasteiger partial charge is 0.272 e. The van der Waals surface area contributed by atoms with Crippen LogP contribution in [-0.4, -0.2) is 38.7 Å². The van der Waals surface area contributed by atoms with E-state index in [1.165, 1.54) is 4.31 Å². The minimum absolute atomic E-state index is 0.135. The van der Waals surface area contributed by atoms with Gasteiger partial charge in [0.2, 0.25) is 10.0 Å². The molecule has 0 unspecified atom stereocenters. The number of H-pyrrole nitrogens is 1. The van der Waals surface area contributed by atoms with Gasteiger partial charge >= 0.3 is 0 Å². The Bertz CT molecular complexity index is 1200. The minimum Gasteiger partial charge on any atom is -0.497 e. The van der Waals surface area contributed by atoms with Gasteiger partial charge in [-0.3, -0.25) is 9.10 Å². The maximum atomic E-state index is 12.7. The second-order valence-electron chi connectivity index (χ2n) is 7.43. The zero-order chi connectivity index (χ0) is 21.3. The zero-order valence-corrected chi connectivity index (χ0v) is 17.9. The third-order valence-corrected chi connectivity index (χ3v) is 7.26. The normalized spacial score (nSPS) is 13.9. The molecule has 1 aliphatic heterocycles. The number of nitrogens with one attached hydrogen (secondary N) is 2. The number of sulfonamides is 1. The van der Waals surface area contributed by atoms with Crippen molar-refractivity contribution in [2.45, 2.75) is 26.2 Å². The number of hydrogen-bond acceptors (Lipinski definition) is 4. The number of rotatable bonds is 6. The molecule has 0 spiro atoms. The van der Waals surface area contributed by atoms with Gasteiger partial charge < -0.3 is 15.0 Å². The van der Waals surface area contributed by atoms with Gasteiger partial charge in [-0.2, -0.15) is 0 Å². The van der Waals surface area contributed by atoms with Crippen molar-refractivity contribution in [1.82, 2.24) is 4.98 Å². The molecule has 1 aromatic heterocycles. The van der Waals surface area contributed by atoms with Crippen molar-refractivity contribution in [3.05, 3.63) is 53.7 Å². The van der Waals surface area contributed by atoms with Gasteiger partial charge in [-0.1, -0.05) is 6.92 Å². The Morgan fingerprint density at radius 1 is 1.20 bits per heavy atom. The number of anilines is 2. The Labute approximate surface area is 176 Å². The highest BCUT2D eigenvalue weighted by molar-refractivity contribution is 7.92. The van der Waals surface area contributed by atoms with Gasteiger partial charge in [-0.15, -0.1) is 0 Å². The number of nitrogens with zero attached hydrogens (tertiary/aromatic N) is 1. The second kappa shape index (κ2) is 8.02. The van der Waals surface area contributed by atoms with E-state index in [1.807, 2.05) is 31.2 Å². The molecule has 158 valence electrons. The highest BCUT2D eigenvalue weighted by Crippen LogP contribution is 2.32. The van der Waals surface area contributed by atoms with E-state index in [0.717, 1.165) is 29.3 Å². The minimum atomic E-state index is -3.32. The number of aromatic amines is 1. The molecule has 0 saturated carbocycles. The average molecular weight is 428 g/mol. The van der Waals surface area contributed by atoms with Crippen LogP contribution in [0.1, 0.15) is 35.8 Å². The van der Waals surface area contributed by atoms with E-state index in [1.54, 1.807) is 25.3 Å². The summed E-state index contributed by atoms with van der Waals surface area (Å²) < 4.78 is 31.9. The summed E-state index contributed by atoms with van der Waals surface area (Å²) in [6.07, 6.45) is 2.12. The van der Waals surface area contributed by atoms with Gasteiger partial charge in [0.05, 0.1) is 18.6 Å². The van der Waals surface area contributed by atoms with Crippen molar-refractivity contribution >= 4 is 38.2 Å². The number of methoxy groups -OCH3 is 1. The summed E-state index contributed by atoms with van der Waals surface area (Å²) in [5.41, 5.74) is 3.56. The molecule has 1 amide bonds. The van der Waals surface area contributed by atoms with Crippen LogP contribution in [0.4, 0.5) is 11.4 Å². The van der Waals surface area contributed by atoms with E-state index in [2.05, 4.69) is 10.3 Å². The summed E-state index contributed by atoms with van der Waals surface area (Å²) in [7, 11) is -1.72. The number of ether oxygens (including phenoxy) is 1. The van der Waals surface area contributed by atoms with E-state index < -0.39 is 10.0 Å². The van der Waals surface area contributed by atoms with Gasteiger partial charge in [-0.05, 0) is 61.2 Å². The average Bonchev–Trinajstić information content (AvgIpc) is 3.16. The molecule has 0 atom stereocenters. The lowest BCUT2D eigenvalue weighted by Crippen LogP contribution is -2.37. The molecule has 2 N–H and O–H groups in total. The van der Waals surface area contributed by atoms with Crippen LogP contribution in [0.3, 0.4) is 0 Å². The number of carbonyl (C=O) groups excluding carboxylic acids is 1. The fraction of sp³-hybridized carbons (Fsp3) is 0.318. The van der Waals surface area contributed by atoms with Gasteiger partial charge in [-0.25, -0.2) is 8.42 Å². The van der Waals surface area contributed by atoms with Gasteiger partial charge in [0, 0.05) is 29.2 Å². The van der Waals surface area contributed by atoms with Crippen LogP contribution in [0.5, 0.6) is 5.75 Å². The molecular weight excluding hydrogens is 402 g/mol. The molecule has 8 heteroatoms. The van der Waals surface area contributed by atoms with Crippen molar-refractivity contribution < 1.29 is 17.9 Å². The van der Waals surface area contributed by atoms with Gasteiger partial charge in [0.1, 0.15) is 11.4 Å². The largest absolute Gasteiger partial charge is 0.497 e. The number of aromatic nitrogens is 1. The molecule has 3 aromatic rings. The van der Waals surface area contributed by atoms with Crippen molar-refractivity contribution in [3.8, 4) is 5.75 Å². The number of benzene rings is 2. The summed E-state index contributed by atoms with van der Waals surface area (Å²) in [5.74, 6) is 0.598. The number of hydrogen-bond donors (Lipinski definition) is 2. The van der Waals surface area contributed by atoms with Crippen molar-refractivity contribution in [2.75, 3.05) is 29.0 Å². The van der Waals surface area contributed by atoms with Crippen LogP contribution < -0.4 is 14.4 Å². The maximum absolute atomic E-state index is 12.7. The topological polar surface area (TPSA) is 91.5 Å². The molecule has 0 bridgehead atoms. The lowest BCUT2D eigenvalue weighted by molar-refractivity contribution is 0.102. The Hall–Kier alpha value is -3.00. The third-order valence-electron chi connectivity index (χ3n) is 5.29. The van der Waals surface area contributed by atoms with E-state index in [-0.39, 0.29) is 11.7 Å². The molecule has 0 saturated heterocycles. The maximum Gasteiger partial charge on any atom is 0.272 e. The Balaban J connectivity index is 1.56. The van der Waals surface area contributed by atoms with E-state index >= 15 is 0 Å². The van der Waals surface area contributed by atoms with Gasteiger partial charge in [0.15, 0.2) is 0 Å². The Morgan fingerprint density at radius 3 is 2.80 bits per heavy atom. The number of aryl methyl sites for hydroxylation is 1. The third kappa shape index (κ3) is 3.87. The van der Waals surface area contributed by atoms with Crippen molar-refractivity contribution in [2.24, 2.45) is 0 Å². The Kier molecular flexibility index (Phi) is 5.42. The molecule has 7 nitrogen and oxygen atoms in total. The standard InChI is InChI=1S/C22H25N3O4S/c1-3-11-30(27,28)25-10-4-5-16-12-17(7-9-21(16)25)23-22(26)20-13-15-6-8-18(29-2)14-19(15)24-20/h6-9,12-14,24H,3-5,10-11H2,1-2H3,(H,23,26). The molecule has 4 rings (SSSR count). The first-order valence-electron chi connectivity index (χ1n) is 10.0. The highest BCUT2D eigenvalue weighted by atomic mass is 32.2. The van der Waals surface area contributed by atoms with Crippen LogP contribution >= 0.6 is 0 Å². The Morgan fingerprint density at radius 2 is 2.03 bits per heavy atom. The zero-order valence-electron chi connectivity index (χ0n) is 17.1. The first-order valence-corrected chi connectivity index (χ1v) is 11.6. The van der Waals surface area contributed by atoms with Crippen molar-refractivity contribution in [3.63, 3.8) is 0 Å². The van der Waals surface area contributed by atoms with E-state index in [4.69, 9.17) is 4.74 Å². The predicted octanol–water partition coefficient (Wildman–Crippen LogP) is 3.92. The fourth-order valence-corrected chi connectivity index (χ4v) is 5.47. The summed E-state index contributed by atoms with van der Waals surface area (Å²) in [6, 6.07) is 12.8. The molecular formula is C22H25N3O4S. The van der Waals surface area contributed by atoms with Crippen LogP contribution in [0.2, 0.25) is 0 Å². The lowest BCUT2D eigenvalue weighted by Gasteiger charge is -2.30. The summed E-state index contributed by atoms with van der Waals surface area (Å²) in [6.45, 7) is 2.36. The van der Waals surface area contributed by atoms with E-state index in [0.29, 0.717) is 35.8 Å². The highest BCUT2D eigenvalue weighted by Gasteiger charge is 2.27. The first kappa shape index (κ1) is 20.3. The molecule has 30 heavy (non-hydrogen) atoms. The fourth-order valence-electron chi connectivity index (χ4n) is 3.85.